The predicted molar refractivity (Wildman–Crippen MR) is 76.2 cm³/mol. The SMILES string of the molecule is FC(F)(F)c1cc(C(Cl)c2ccc(Cl)s2)ccc1Br. The van der Waals surface area contributed by atoms with Crippen LogP contribution in [0.1, 0.15) is 21.4 Å². The van der Waals surface area contributed by atoms with E-state index in [-0.39, 0.29) is 4.47 Å². The van der Waals surface area contributed by atoms with E-state index in [1.807, 2.05) is 0 Å². The molecule has 1 atom stereocenters. The summed E-state index contributed by atoms with van der Waals surface area (Å²) in [7, 11) is 0. The molecule has 1 aromatic carbocycles. The van der Waals surface area contributed by atoms with Gasteiger partial charge in [-0.25, -0.2) is 0 Å². The summed E-state index contributed by atoms with van der Waals surface area (Å²) < 4.78 is 39.0. The topological polar surface area (TPSA) is 0 Å². The first-order valence-electron chi connectivity index (χ1n) is 5.05. The summed E-state index contributed by atoms with van der Waals surface area (Å²) in [5, 5.41) is -0.647. The van der Waals surface area contributed by atoms with E-state index in [9.17, 15) is 13.2 Å². The Balaban J connectivity index is 2.41. The lowest BCUT2D eigenvalue weighted by Crippen LogP contribution is -2.07. The summed E-state index contributed by atoms with van der Waals surface area (Å²) in [6, 6.07) is 7.34. The Labute approximate surface area is 130 Å². The Hall–Kier alpha value is -0.230. The van der Waals surface area contributed by atoms with Gasteiger partial charge in [-0.1, -0.05) is 33.6 Å². The molecule has 0 amide bonds. The zero-order valence-corrected chi connectivity index (χ0v) is 13.1. The zero-order chi connectivity index (χ0) is 14.2. The summed E-state index contributed by atoms with van der Waals surface area (Å²) in [5.41, 5.74) is -0.353. The van der Waals surface area contributed by atoms with Gasteiger partial charge in [-0.15, -0.1) is 22.9 Å². The molecule has 0 spiro atoms. The number of alkyl halides is 4. The Bertz CT molecular complexity index is 595. The van der Waals surface area contributed by atoms with Gasteiger partial charge in [0, 0.05) is 9.35 Å². The lowest BCUT2D eigenvalue weighted by molar-refractivity contribution is -0.138. The fourth-order valence-electron chi connectivity index (χ4n) is 1.55. The van der Waals surface area contributed by atoms with Crippen LogP contribution in [0.3, 0.4) is 0 Å². The smallest absolute Gasteiger partial charge is 0.166 e. The lowest BCUT2D eigenvalue weighted by atomic mass is 10.1. The van der Waals surface area contributed by atoms with E-state index >= 15 is 0 Å². The molecule has 0 N–H and O–H groups in total. The van der Waals surface area contributed by atoms with Crippen LogP contribution < -0.4 is 0 Å². The minimum atomic E-state index is -4.42. The van der Waals surface area contributed by atoms with Crippen molar-refractivity contribution in [2.24, 2.45) is 0 Å². The standard InChI is InChI=1S/C12H6BrCl2F3S/c13-8-2-1-6(5-7(8)12(16,17)18)11(15)9-3-4-10(14)19-9/h1-5,11H. The van der Waals surface area contributed by atoms with Crippen molar-refractivity contribution < 1.29 is 13.2 Å². The third-order valence-electron chi connectivity index (χ3n) is 2.43. The van der Waals surface area contributed by atoms with Crippen LogP contribution in [-0.2, 0) is 6.18 Å². The van der Waals surface area contributed by atoms with Crippen molar-refractivity contribution in [2.45, 2.75) is 11.6 Å². The van der Waals surface area contributed by atoms with Gasteiger partial charge in [0.15, 0.2) is 0 Å². The van der Waals surface area contributed by atoms with E-state index in [4.69, 9.17) is 23.2 Å². The van der Waals surface area contributed by atoms with Crippen LogP contribution in [0.5, 0.6) is 0 Å². The Morgan fingerprint density at radius 1 is 1.16 bits per heavy atom. The van der Waals surface area contributed by atoms with Crippen molar-refractivity contribution >= 4 is 50.5 Å². The van der Waals surface area contributed by atoms with Crippen LogP contribution in [0.15, 0.2) is 34.8 Å². The minimum absolute atomic E-state index is 0.00294. The molecule has 0 saturated carbocycles. The molecule has 2 rings (SSSR count). The maximum absolute atomic E-state index is 12.8. The molecule has 2 aromatic rings. The van der Waals surface area contributed by atoms with Crippen molar-refractivity contribution in [1.29, 1.82) is 0 Å². The van der Waals surface area contributed by atoms with E-state index in [0.717, 1.165) is 6.07 Å². The normalized spacial score (nSPS) is 13.6. The van der Waals surface area contributed by atoms with Gasteiger partial charge in [0.1, 0.15) is 0 Å². The van der Waals surface area contributed by atoms with Crippen LogP contribution in [0.25, 0.3) is 0 Å². The van der Waals surface area contributed by atoms with Gasteiger partial charge in [0.25, 0.3) is 0 Å². The highest BCUT2D eigenvalue weighted by Crippen LogP contribution is 2.40. The number of rotatable bonds is 2. The van der Waals surface area contributed by atoms with E-state index in [1.54, 1.807) is 18.2 Å². The molecule has 0 saturated heterocycles. The van der Waals surface area contributed by atoms with E-state index in [1.165, 1.54) is 17.4 Å². The van der Waals surface area contributed by atoms with Gasteiger partial charge < -0.3 is 0 Å². The minimum Gasteiger partial charge on any atom is -0.166 e. The highest BCUT2D eigenvalue weighted by atomic mass is 79.9. The number of hydrogen-bond acceptors (Lipinski definition) is 1. The fraction of sp³-hybridized carbons (Fsp3) is 0.167. The van der Waals surface area contributed by atoms with Crippen molar-refractivity contribution in [3.05, 3.63) is 55.1 Å². The molecule has 0 fully saturated rings. The molecule has 0 aliphatic heterocycles. The first-order chi connectivity index (χ1) is 8.79. The Kier molecular flexibility index (Phi) is 4.50. The van der Waals surface area contributed by atoms with Crippen LogP contribution in [-0.4, -0.2) is 0 Å². The second-order valence-electron chi connectivity index (χ2n) is 3.74. The lowest BCUT2D eigenvalue weighted by Gasteiger charge is -2.13. The quantitative estimate of drug-likeness (QED) is 0.513. The number of benzene rings is 1. The summed E-state index contributed by atoms with van der Waals surface area (Å²) in [4.78, 5) is 0.710. The maximum Gasteiger partial charge on any atom is 0.417 e. The average molecular weight is 390 g/mol. The predicted octanol–water partition coefficient (Wildman–Crippen LogP) is 6.51. The van der Waals surface area contributed by atoms with Gasteiger partial charge >= 0.3 is 6.18 Å². The van der Waals surface area contributed by atoms with Gasteiger partial charge in [0.05, 0.1) is 15.3 Å². The zero-order valence-electron chi connectivity index (χ0n) is 9.14. The summed E-state index contributed by atoms with van der Waals surface area (Å²) in [5.74, 6) is 0. The van der Waals surface area contributed by atoms with Crippen molar-refractivity contribution in [2.75, 3.05) is 0 Å². The summed E-state index contributed by atoms with van der Waals surface area (Å²) in [6.45, 7) is 0. The molecule has 7 heteroatoms. The molecular weight excluding hydrogens is 384 g/mol. The second kappa shape index (κ2) is 5.64. The molecule has 1 aromatic heterocycles. The monoisotopic (exact) mass is 388 g/mol. The molecule has 0 aliphatic carbocycles. The van der Waals surface area contributed by atoms with E-state index in [0.29, 0.717) is 14.8 Å². The van der Waals surface area contributed by atoms with Crippen molar-refractivity contribution in [3.8, 4) is 0 Å². The van der Waals surface area contributed by atoms with Gasteiger partial charge in [-0.2, -0.15) is 13.2 Å². The van der Waals surface area contributed by atoms with Crippen LogP contribution in [0.4, 0.5) is 13.2 Å². The molecule has 0 nitrogen and oxygen atoms in total. The first kappa shape index (κ1) is 15.2. The van der Waals surface area contributed by atoms with Crippen LogP contribution >= 0.6 is 50.5 Å². The van der Waals surface area contributed by atoms with Crippen molar-refractivity contribution in [1.82, 2.24) is 0 Å². The van der Waals surface area contributed by atoms with Crippen LogP contribution in [0.2, 0.25) is 4.34 Å². The van der Waals surface area contributed by atoms with Crippen molar-refractivity contribution in [3.63, 3.8) is 0 Å². The average Bonchev–Trinajstić information content (AvgIpc) is 2.74. The third kappa shape index (κ3) is 3.45. The fourth-order valence-corrected chi connectivity index (χ4v) is 3.43. The molecule has 1 heterocycles. The van der Waals surface area contributed by atoms with E-state index in [2.05, 4.69) is 15.9 Å². The first-order valence-corrected chi connectivity index (χ1v) is 7.47. The molecule has 0 aliphatic rings. The third-order valence-corrected chi connectivity index (χ3v) is 5.04. The highest BCUT2D eigenvalue weighted by molar-refractivity contribution is 9.10. The largest absolute Gasteiger partial charge is 0.417 e. The maximum atomic E-state index is 12.8. The second-order valence-corrected chi connectivity index (χ2v) is 6.78. The summed E-state index contributed by atoms with van der Waals surface area (Å²) >= 11 is 16.1. The summed E-state index contributed by atoms with van der Waals surface area (Å²) in [6.07, 6.45) is -4.42. The van der Waals surface area contributed by atoms with E-state index < -0.39 is 17.1 Å². The molecule has 0 radical (unpaired) electrons. The van der Waals surface area contributed by atoms with Gasteiger partial charge in [0.2, 0.25) is 0 Å². The number of hydrogen-bond donors (Lipinski definition) is 0. The molecule has 102 valence electrons. The molecule has 1 unspecified atom stereocenters. The number of halogens is 6. The Morgan fingerprint density at radius 2 is 1.84 bits per heavy atom. The Morgan fingerprint density at radius 3 is 2.37 bits per heavy atom. The molecular formula is C12H6BrCl2F3S. The highest BCUT2D eigenvalue weighted by Gasteiger charge is 2.33. The molecule has 19 heavy (non-hydrogen) atoms. The van der Waals surface area contributed by atoms with Gasteiger partial charge in [-0.3, -0.25) is 0 Å². The van der Waals surface area contributed by atoms with Gasteiger partial charge in [-0.05, 0) is 29.8 Å². The molecule has 0 bridgehead atoms. The van der Waals surface area contributed by atoms with Crippen LogP contribution in [0, 0.1) is 0 Å². The number of thiophene rings is 1.